The first-order chi connectivity index (χ1) is 8.42. The molecule has 0 bridgehead atoms. The Hall–Kier alpha value is -1.88. The normalized spacial score (nSPS) is 19.4. The molecule has 1 atom stereocenters. The lowest BCUT2D eigenvalue weighted by molar-refractivity contribution is 0.568. The van der Waals surface area contributed by atoms with Crippen molar-refractivity contribution < 1.29 is 4.42 Å². The van der Waals surface area contributed by atoms with E-state index in [9.17, 15) is 0 Å². The molecule has 2 aromatic rings. The Morgan fingerprint density at radius 3 is 3.18 bits per heavy atom. The van der Waals surface area contributed by atoms with Gasteiger partial charge in [0.15, 0.2) is 0 Å². The number of benzene rings is 1. The molecule has 2 heterocycles. The van der Waals surface area contributed by atoms with Crippen LogP contribution in [0.3, 0.4) is 0 Å². The maximum absolute atomic E-state index is 5.18. The lowest BCUT2D eigenvalue weighted by atomic mass is 10.1. The van der Waals surface area contributed by atoms with Crippen LogP contribution in [0.1, 0.15) is 6.42 Å². The first-order valence-electron chi connectivity index (χ1n) is 5.76. The van der Waals surface area contributed by atoms with Gasteiger partial charge in [-0.2, -0.15) is 0 Å². The highest BCUT2D eigenvalue weighted by Gasteiger charge is 2.14. The SMILES string of the molecule is c1cc(NC2CCNC2)cc(-c2nnco2)c1. The molecule has 1 saturated heterocycles. The van der Waals surface area contributed by atoms with Crippen molar-refractivity contribution in [3.63, 3.8) is 0 Å². The van der Waals surface area contributed by atoms with Crippen LogP contribution in [0.25, 0.3) is 11.5 Å². The van der Waals surface area contributed by atoms with Crippen molar-refractivity contribution in [2.75, 3.05) is 18.4 Å². The Morgan fingerprint density at radius 1 is 1.41 bits per heavy atom. The van der Waals surface area contributed by atoms with Crippen LogP contribution < -0.4 is 10.6 Å². The Morgan fingerprint density at radius 2 is 2.41 bits per heavy atom. The van der Waals surface area contributed by atoms with Crippen LogP contribution in [-0.4, -0.2) is 29.3 Å². The van der Waals surface area contributed by atoms with E-state index >= 15 is 0 Å². The Bertz CT molecular complexity index is 477. The molecule has 5 nitrogen and oxygen atoms in total. The molecular weight excluding hydrogens is 216 g/mol. The predicted molar refractivity (Wildman–Crippen MR) is 64.6 cm³/mol. The van der Waals surface area contributed by atoms with E-state index in [2.05, 4.69) is 26.9 Å². The molecule has 1 aliphatic heterocycles. The molecule has 2 N–H and O–H groups in total. The molecule has 1 aliphatic rings. The highest BCUT2D eigenvalue weighted by molar-refractivity contribution is 5.61. The molecule has 1 aromatic heterocycles. The Kier molecular flexibility index (Phi) is 2.75. The smallest absolute Gasteiger partial charge is 0.247 e. The standard InChI is InChI=1S/C12H14N4O/c1-2-9(12-16-14-8-17-12)6-10(3-1)15-11-4-5-13-7-11/h1-3,6,8,11,13,15H,4-5,7H2. The van der Waals surface area contributed by atoms with Gasteiger partial charge in [0.25, 0.3) is 0 Å². The zero-order chi connectivity index (χ0) is 11.5. The summed E-state index contributed by atoms with van der Waals surface area (Å²) in [5.74, 6) is 0.554. The summed E-state index contributed by atoms with van der Waals surface area (Å²) in [6.45, 7) is 2.10. The Balaban J connectivity index is 1.79. The lowest BCUT2D eigenvalue weighted by Crippen LogP contribution is -2.21. The van der Waals surface area contributed by atoms with E-state index in [1.54, 1.807) is 0 Å². The summed E-state index contributed by atoms with van der Waals surface area (Å²) in [7, 11) is 0. The van der Waals surface area contributed by atoms with E-state index in [0.717, 1.165) is 30.8 Å². The van der Waals surface area contributed by atoms with Crippen LogP contribution in [0.4, 0.5) is 5.69 Å². The molecular formula is C12H14N4O. The van der Waals surface area contributed by atoms with Crippen LogP contribution in [0.2, 0.25) is 0 Å². The fraction of sp³-hybridized carbons (Fsp3) is 0.333. The second-order valence-electron chi connectivity index (χ2n) is 4.16. The van der Waals surface area contributed by atoms with Crippen molar-refractivity contribution in [2.45, 2.75) is 12.5 Å². The fourth-order valence-electron chi connectivity index (χ4n) is 2.05. The lowest BCUT2D eigenvalue weighted by Gasteiger charge is -2.13. The highest BCUT2D eigenvalue weighted by Crippen LogP contribution is 2.21. The Labute approximate surface area is 99.2 Å². The second kappa shape index (κ2) is 4.55. The van der Waals surface area contributed by atoms with Gasteiger partial charge in [-0.3, -0.25) is 0 Å². The molecule has 0 spiro atoms. The minimum Gasteiger partial charge on any atom is -0.423 e. The van der Waals surface area contributed by atoms with Crippen LogP contribution in [-0.2, 0) is 0 Å². The van der Waals surface area contributed by atoms with Gasteiger partial charge in [-0.15, -0.1) is 10.2 Å². The summed E-state index contributed by atoms with van der Waals surface area (Å²) in [6, 6.07) is 8.55. The number of hydrogen-bond donors (Lipinski definition) is 2. The van der Waals surface area contributed by atoms with Gasteiger partial charge in [-0.1, -0.05) is 6.07 Å². The number of nitrogens with one attached hydrogen (secondary N) is 2. The first kappa shape index (κ1) is 10.3. The molecule has 1 unspecified atom stereocenters. The maximum atomic E-state index is 5.18. The van der Waals surface area contributed by atoms with Crippen LogP contribution in [0, 0.1) is 0 Å². The average molecular weight is 230 g/mol. The summed E-state index contributed by atoms with van der Waals surface area (Å²) in [5.41, 5.74) is 2.04. The van der Waals surface area contributed by atoms with Gasteiger partial charge in [-0.25, -0.2) is 0 Å². The predicted octanol–water partition coefficient (Wildman–Crippen LogP) is 1.51. The van der Waals surface area contributed by atoms with Gasteiger partial charge in [-0.05, 0) is 31.2 Å². The van der Waals surface area contributed by atoms with Crippen molar-refractivity contribution in [3.8, 4) is 11.5 Å². The summed E-state index contributed by atoms with van der Waals surface area (Å²) < 4.78 is 5.18. The van der Waals surface area contributed by atoms with E-state index in [-0.39, 0.29) is 0 Å². The third kappa shape index (κ3) is 2.29. The molecule has 0 amide bonds. The average Bonchev–Trinajstić information content (AvgIpc) is 3.01. The number of aromatic nitrogens is 2. The van der Waals surface area contributed by atoms with Crippen molar-refractivity contribution in [2.24, 2.45) is 0 Å². The summed E-state index contributed by atoms with van der Waals surface area (Å²) >= 11 is 0. The third-order valence-electron chi connectivity index (χ3n) is 2.90. The fourth-order valence-corrected chi connectivity index (χ4v) is 2.05. The van der Waals surface area contributed by atoms with Crippen LogP contribution >= 0.6 is 0 Å². The molecule has 1 fully saturated rings. The quantitative estimate of drug-likeness (QED) is 0.836. The number of rotatable bonds is 3. The second-order valence-corrected chi connectivity index (χ2v) is 4.16. The van der Waals surface area contributed by atoms with Crippen LogP contribution in [0.5, 0.6) is 0 Å². The van der Waals surface area contributed by atoms with Crippen molar-refractivity contribution in [3.05, 3.63) is 30.7 Å². The van der Waals surface area contributed by atoms with Crippen molar-refractivity contribution >= 4 is 5.69 Å². The molecule has 5 heteroatoms. The van der Waals surface area contributed by atoms with E-state index in [1.807, 2.05) is 18.2 Å². The molecule has 88 valence electrons. The number of nitrogens with zero attached hydrogens (tertiary/aromatic N) is 2. The van der Waals surface area contributed by atoms with E-state index in [4.69, 9.17) is 4.42 Å². The van der Waals surface area contributed by atoms with Gasteiger partial charge >= 0.3 is 0 Å². The summed E-state index contributed by atoms with van der Waals surface area (Å²) in [6.07, 6.45) is 2.50. The zero-order valence-electron chi connectivity index (χ0n) is 9.39. The van der Waals surface area contributed by atoms with Gasteiger partial charge in [0.1, 0.15) is 0 Å². The largest absolute Gasteiger partial charge is 0.423 e. The number of hydrogen-bond acceptors (Lipinski definition) is 5. The molecule has 3 rings (SSSR count). The molecule has 17 heavy (non-hydrogen) atoms. The van der Waals surface area contributed by atoms with Crippen LogP contribution in [0.15, 0.2) is 35.1 Å². The minimum atomic E-state index is 0.507. The van der Waals surface area contributed by atoms with E-state index < -0.39 is 0 Å². The monoisotopic (exact) mass is 230 g/mol. The maximum Gasteiger partial charge on any atom is 0.247 e. The third-order valence-corrected chi connectivity index (χ3v) is 2.90. The van der Waals surface area contributed by atoms with Gasteiger partial charge in [0.2, 0.25) is 12.3 Å². The topological polar surface area (TPSA) is 63.0 Å². The molecule has 0 radical (unpaired) electrons. The zero-order valence-corrected chi connectivity index (χ0v) is 9.39. The first-order valence-corrected chi connectivity index (χ1v) is 5.76. The van der Waals surface area contributed by atoms with Crippen molar-refractivity contribution in [1.82, 2.24) is 15.5 Å². The summed E-state index contributed by atoms with van der Waals surface area (Å²) in [4.78, 5) is 0. The van der Waals surface area contributed by atoms with Gasteiger partial charge in [0.05, 0.1) is 0 Å². The van der Waals surface area contributed by atoms with Gasteiger partial charge < -0.3 is 15.1 Å². The van der Waals surface area contributed by atoms with E-state index in [0.29, 0.717) is 11.9 Å². The van der Waals surface area contributed by atoms with Crippen molar-refractivity contribution in [1.29, 1.82) is 0 Å². The molecule has 1 aromatic carbocycles. The molecule has 0 aliphatic carbocycles. The molecule has 0 saturated carbocycles. The van der Waals surface area contributed by atoms with Gasteiger partial charge in [0, 0.05) is 23.8 Å². The minimum absolute atomic E-state index is 0.507. The van der Waals surface area contributed by atoms with E-state index in [1.165, 1.54) is 6.39 Å². The highest BCUT2D eigenvalue weighted by atomic mass is 16.4. The number of anilines is 1. The summed E-state index contributed by atoms with van der Waals surface area (Å²) in [5, 5.41) is 14.4.